The molecule has 0 rings (SSSR count). The summed E-state index contributed by atoms with van der Waals surface area (Å²) in [6.45, 7) is 5.74. The zero-order valence-corrected chi connectivity index (χ0v) is 7.22. The van der Waals surface area contributed by atoms with Gasteiger partial charge in [0.25, 0.3) is 0 Å². The molecule has 0 aliphatic carbocycles. The van der Waals surface area contributed by atoms with Crippen LogP contribution < -0.4 is 0 Å². The molecule has 2 heteroatoms. The quantitative estimate of drug-likeness (QED) is 0.500. The van der Waals surface area contributed by atoms with E-state index in [-0.39, 0.29) is 0 Å². The van der Waals surface area contributed by atoms with Crippen molar-refractivity contribution in [2.75, 3.05) is 0 Å². The van der Waals surface area contributed by atoms with Crippen LogP contribution in [0.3, 0.4) is 0 Å². The van der Waals surface area contributed by atoms with E-state index >= 15 is 0 Å². The molecule has 0 aliphatic heterocycles. The van der Waals surface area contributed by atoms with Gasteiger partial charge in [-0.1, -0.05) is 13.0 Å². The third-order valence-electron chi connectivity index (χ3n) is 1.58. The molecule has 0 saturated carbocycles. The first kappa shape index (κ1) is 9.95. The molecule has 0 radical (unpaired) electrons. The predicted molar refractivity (Wildman–Crippen MR) is 45.4 cm³/mol. The van der Waals surface area contributed by atoms with Gasteiger partial charge in [-0.3, -0.25) is 0 Å². The summed E-state index contributed by atoms with van der Waals surface area (Å²) < 4.78 is 0. The van der Waals surface area contributed by atoms with Crippen LogP contribution in [0.25, 0.3) is 0 Å². The SMILES string of the molecule is CC=C(CC)C(C)=CC(=O)O. The molecule has 0 aromatic rings. The maximum Gasteiger partial charge on any atom is 0.328 e. The summed E-state index contributed by atoms with van der Waals surface area (Å²) in [5.74, 6) is -0.879. The van der Waals surface area contributed by atoms with Crippen LogP contribution in [-0.4, -0.2) is 11.1 Å². The fourth-order valence-electron chi connectivity index (χ4n) is 0.989. The van der Waals surface area contributed by atoms with Gasteiger partial charge >= 0.3 is 5.97 Å². The van der Waals surface area contributed by atoms with Crippen molar-refractivity contribution in [1.29, 1.82) is 0 Å². The second-order valence-corrected chi connectivity index (χ2v) is 2.33. The Balaban J connectivity index is 4.45. The van der Waals surface area contributed by atoms with Crippen LogP contribution in [-0.2, 0) is 4.79 Å². The monoisotopic (exact) mass is 154 g/mol. The number of aliphatic carboxylic acids is 1. The predicted octanol–water partition coefficient (Wildman–Crippen LogP) is 2.37. The van der Waals surface area contributed by atoms with Crippen molar-refractivity contribution in [3.05, 3.63) is 23.3 Å². The number of carboxylic acids is 1. The van der Waals surface area contributed by atoms with E-state index < -0.39 is 5.97 Å². The Morgan fingerprint density at radius 1 is 1.55 bits per heavy atom. The van der Waals surface area contributed by atoms with Gasteiger partial charge in [0.2, 0.25) is 0 Å². The zero-order chi connectivity index (χ0) is 8.85. The molecule has 2 nitrogen and oxygen atoms in total. The Kier molecular flexibility index (Phi) is 4.27. The zero-order valence-electron chi connectivity index (χ0n) is 7.22. The summed E-state index contributed by atoms with van der Waals surface area (Å²) in [6.07, 6.45) is 4.06. The van der Waals surface area contributed by atoms with Crippen molar-refractivity contribution in [2.45, 2.75) is 27.2 Å². The van der Waals surface area contributed by atoms with Gasteiger partial charge in [0, 0.05) is 6.08 Å². The van der Waals surface area contributed by atoms with E-state index in [4.69, 9.17) is 5.11 Å². The topological polar surface area (TPSA) is 37.3 Å². The molecule has 0 heterocycles. The summed E-state index contributed by atoms with van der Waals surface area (Å²) >= 11 is 0. The Morgan fingerprint density at radius 3 is 2.36 bits per heavy atom. The highest BCUT2D eigenvalue weighted by atomic mass is 16.4. The number of carbonyl (C=O) groups is 1. The molecule has 0 amide bonds. The average Bonchev–Trinajstić information content (AvgIpc) is 1.88. The van der Waals surface area contributed by atoms with Crippen LogP contribution in [0.1, 0.15) is 27.2 Å². The molecule has 11 heavy (non-hydrogen) atoms. The smallest absolute Gasteiger partial charge is 0.328 e. The fraction of sp³-hybridized carbons (Fsp3) is 0.444. The van der Waals surface area contributed by atoms with Gasteiger partial charge in [-0.15, -0.1) is 0 Å². The number of hydrogen-bond donors (Lipinski definition) is 1. The number of hydrogen-bond acceptors (Lipinski definition) is 1. The summed E-state index contributed by atoms with van der Waals surface area (Å²) in [4.78, 5) is 10.2. The first-order chi connectivity index (χ1) is 5.11. The van der Waals surface area contributed by atoms with Gasteiger partial charge in [-0.25, -0.2) is 4.79 Å². The minimum atomic E-state index is -0.879. The Morgan fingerprint density at radius 2 is 2.09 bits per heavy atom. The minimum absolute atomic E-state index is 0.836. The maximum absolute atomic E-state index is 10.2. The molecule has 0 aromatic heterocycles. The van der Waals surface area contributed by atoms with Gasteiger partial charge in [0.15, 0.2) is 0 Å². The van der Waals surface area contributed by atoms with Crippen molar-refractivity contribution in [3.8, 4) is 0 Å². The van der Waals surface area contributed by atoms with Crippen LogP contribution in [0.4, 0.5) is 0 Å². The summed E-state index contributed by atoms with van der Waals surface area (Å²) in [5, 5.41) is 8.42. The molecule has 0 bridgehead atoms. The van der Waals surface area contributed by atoms with Crippen LogP contribution in [0.15, 0.2) is 23.3 Å². The number of carboxylic acid groups (broad SMARTS) is 1. The van der Waals surface area contributed by atoms with Crippen molar-refractivity contribution in [2.24, 2.45) is 0 Å². The molecule has 0 aliphatic rings. The highest BCUT2D eigenvalue weighted by molar-refractivity contribution is 5.81. The van der Waals surface area contributed by atoms with E-state index in [1.807, 2.05) is 26.8 Å². The second-order valence-electron chi connectivity index (χ2n) is 2.33. The number of allylic oxidation sites excluding steroid dienone is 3. The molecule has 0 fully saturated rings. The Labute approximate surface area is 67.2 Å². The average molecular weight is 154 g/mol. The molecular weight excluding hydrogens is 140 g/mol. The maximum atomic E-state index is 10.2. The van der Waals surface area contributed by atoms with Crippen LogP contribution in [0, 0.1) is 0 Å². The van der Waals surface area contributed by atoms with E-state index in [0.717, 1.165) is 17.6 Å². The molecule has 0 aromatic carbocycles. The number of rotatable bonds is 3. The molecule has 0 atom stereocenters. The van der Waals surface area contributed by atoms with E-state index in [0.29, 0.717) is 0 Å². The fourth-order valence-corrected chi connectivity index (χ4v) is 0.989. The third-order valence-corrected chi connectivity index (χ3v) is 1.58. The lowest BCUT2D eigenvalue weighted by Crippen LogP contribution is -1.92. The van der Waals surface area contributed by atoms with Crippen molar-refractivity contribution >= 4 is 5.97 Å². The molecule has 0 spiro atoms. The minimum Gasteiger partial charge on any atom is -0.478 e. The lowest BCUT2D eigenvalue weighted by Gasteiger charge is -2.01. The summed E-state index contributed by atoms with van der Waals surface area (Å²) in [7, 11) is 0. The van der Waals surface area contributed by atoms with Crippen molar-refractivity contribution < 1.29 is 9.90 Å². The van der Waals surface area contributed by atoms with E-state index in [9.17, 15) is 4.79 Å². The van der Waals surface area contributed by atoms with Gasteiger partial charge in [-0.2, -0.15) is 0 Å². The lowest BCUT2D eigenvalue weighted by atomic mass is 10.1. The van der Waals surface area contributed by atoms with Crippen molar-refractivity contribution in [1.82, 2.24) is 0 Å². The Bertz CT molecular complexity index is 200. The highest BCUT2D eigenvalue weighted by Gasteiger charge is 1.97. The van der Waals surface area contributed by atoms with E-state index in [2.05, 4.69) is 0 Å². The second kappa shape index (κ2) is 4.72. The first-order valence-electron chi connectivity index (χ1n) is 3.68. The van der Waals surface area contributed by atoms with Crippen LogP contribution >= 0.6 is 0 Å². The molecule has 1 N–H and O–H groups in total. The Hall–Kier alpha value is -1.05. The third kappa shape index (κ3) is 3.61. The summed E-state index contributed by atoms with van der Waals surface area (Å²) in [5.41, 5.74) is 1.93. The largest absolute Gasteiger partial charge is 0.478 e. The van der Waals surface area contributed by atoms with Crippen LogP contribution in [0.5, 0.6) is 0 Å². The van der Waals surface area contributed by atoms with Gasteiger partial charge in [0.05, 0.1) is 0 Å². The standard InChI is InChI=1S/C9H14O2/c1-4-8(5-2)7(3)6-9(10)11/h4,6H,5H2,1-3H3,(H,10,11). The first-order valence-corrected chi connectivity index (χ1v) is 3.68. The van der Waals surface area contributed by atoms with Gasteiger partial charge < -0.3 is 5.11 Å². The van der Waals surface area contributed by atoms with Crippen molar-refractivity contribution in [3.63, 3.8) is 0 Å². The molecule has 0 unspecified atom stereocenters. The van der Waals surface area contributed by atoms with Gasteiger partial charge in [0.1, 0.15) is 0 Å². The molecule has 0 saturated heterocycles. The summed E-state index contributed by atoms with van der Waals surface area (Å²) in [6, 6.07) is 0. The van der Waals surface area contributed by atoms with E-state index in [1.54, 1.807) is 0 Å². The molecule has 62 valence electrons. The molecular formula is C9H14O2. The lowest BCUT2D eigenvalue weighted by molar-refractivity contribution is -0.131. The van der Waals surface area contributed by atoms with E-state index in [1.165, 1.54) is 6.08 Å². The normalized spacial score (nSPS) is 13.4. The van der Waals surface area contributed by atoms with Crippen LogP contribution in [0.2, 0.25) is 0 Å². The highest BCUT2D eigenvalue weighted by Crippen LogP contribution is 2.11. The van der Waals surface area contributed by atoms with Gasteiger partial charge in [-0.05, 0) is 31.4 Å².